The maximum absolute atomic E-state index is 11.4. The van der Waals surface area contributed by atoms with Gasteiger partial charge in [0.15, 0.2) is 29.9 Å². The molecule has 172 valence electrons. The van der Waals surface area contributed by atoms with Crippen LogP contribution in [0, 0.1) is 0 Å². The summed E-state index contributed by atoms with van der Waals surface area (Å²) < 4.78 is 131. The molecule has 17 heteroatoms. The molecule has 0 aliphatic carbocycles. The minimum Gasteiger partial charge on any atom is -0.421 e. The van der Waals surface area contributed by atoms with Gasteiger partial charge in [0.25, 0.3) is 0 Å². The normalized spacial score (nSPS) is 14.4. The van der Waals surface area contributed by atoms with E-state index in [-0.39, 0.29) is 0 Å². The molecule has 0 spiro atoms. The highest BCUT2D eigenvalue weighted by molar-refractivity contribution is 8.13. The van der Waals surface area contributed by atoms with Crippen molar-refractivity contribution in [2.24, 2.45) is 0 Å². The van der Waals surface area contributed by atoms with E-state index in [2.05, 4.69) is 20.8 Å². The minimum atomic E-state index is -6.72. The Balaban J connectivity index is 0. The van der Waals surface area contributed by atoms with Gasteiger partial charge in [-0.15, -0.1) is 0 Å². The van der Waals surface area contributed by atoms with Gasteiger partial charge in [0.2, 0.25) is 0 Å². The van der Waals surface area contributed by atoms with Crippen LogP contribution in [-0.4, -0.2) is 72.9 Å². The van der Waals surface area contributed by atoms with Crippen molar-refractivity contribution in [1.82, 2.24) is 0 Å². The van der Waals surface area contributed by atoms with E-state index in [4.69, 9.17) is 0 Å². The Morgan fingerprint density at radius 3 is 1.18 bits per heavy atom. The van der Waals surface area contributed by atoms with Gasteiger partial charge < -0.3 is 4.13 Å². The zero-order chi connectivity index (χ0) is 23.2. The van der Waals surface area contributed by atoms with Crippen LogP contribution in [0.5, 0.6) is 0 Å². The highest BCUT2D eigenvalue weighted by Crippen LogP contribution is 2.57. The lowest BCUT2D eigenvalue weighted by Gasteiger charge is -2.22. The molecule has 0 aromatic carbocycles. The predicted octanol–water partition coefficient (Wildman–Crippen LogP) is 3.17. The van der Waals surface area contributed by atoms with Crippen molar-refractivity contribution in [3.8, 4) is 0 Å². The second-order valence-electron chi connectivity index (χ2n) is 5.56. The van der Waals surface area contributed by atoms with Crippen LogP contribution in [0.4, 0.5) is 26.3 Å². The Hall–Kier alpha value is -0.180. The molecule has 0 aliphatic heterocycles. The molecule has 0 radical (unpaired) electrons. The molecule has 0 saturated carbocycles. The lowest BCUT2D eigenvalue weighted by molar-refractivity contribution is -0.0444. The monoisotopic (exact) mass is 505 g/mol. The number of sulfonamides is 2. The number of rotatable bonds is 8. The van der Waals surface area contributed by atoms with Gasteiger partial charge in [0, 0.05) is 13.5 Å². The summed E-state index contributed by atoms with van der Waals surface area (Å²) in [6.45, 7) is 6.59. The molecule has 0 bridgehead atoms. The fraction of sp³-hybridized carbons (Fsp3) is 1.00. The smallest absolute Gasteiger partial charge is 0.421 e. The first-order valence-electron chi connectivity index (χ1n) is 7.49. The summed E-state index contributed by atoms with van der Waals surface area (Å²) in [5, 5.41) is 0. The summed E-state index contributed by atoms with van der Waals surface area (Å²) >= 11 is 0. The van der Waals surface area contributed by atoms with Crippen LogP contribution >= 0.6 is 7.26 Å². The summed E-state index contributed by atoms with van der Waals surface area (Å²) in [7, 11) is -17.1. The van der Waals surface area contributed by atoms with Crippen LogP contribution in [0.1, 0.15) is 20.8 Å². The lowest BCUT2D eigenvalue weighted by Crippen LogP contribution is -2.30. The fourth-order valence-electron chi connectivity index (χ4n) is 1.72. The molecular formula is C11H22F6NO6PS3. The molecule has 0 heterocycles. The van der Waals surface area contributed by atoms with Gasteiger partial charge in [0.1, 0.15) is 0 Å². The summed E-state index contributed by atoms with van der Waals surface area (Å²) in [5.74, 6) is 0.385. The van der Waals surface area contributed by atoms with Gasteiger partial charge in [-0.2, -0.15) is 26.3 Å². The van der Waals surface area contributed by atoms with E-state index in [1.165, 1.54) is 24.7 Å². The van der Waals surface area contributed by atoms with E-state index < -0.39 is 48.2 Å². The molecule has 7 nitrogen and oxygen atoms in total. The van der Waals surface area contributed by atoms with Crippen molar-refractivity contribution in [1.29, 1.82) is 0 Å². The van der Waals surface area contributed by atoms with Crippen LogP contribution in [0.25, 0.3) is 4.13 Å². The van der Waals surface area contributed by atoms with Crippen molar-refractivity contribution in [3.63, 3.8) is 0 Å². The van der Waals surface area contributed by atoms with Gasteiger partial charge in [-0.25, -0.2) is 25.3 Å². The maximum atomic E-state index is 11.4. The van der Waals surface area contributed by atoms with Crippen molar-refractivity contribution in [3.05, 3.63) is 4.13 Å². The summed E-state index contributed by atoms with van der Waals surface area (Å²) in [6.07, 6.45) is 5.83. The van der Waals surface area contributed by atoms with Gasteiger partial charge >= 0.3 is 11.0 Å². The van der Waals surface area contributed by atoms with Crippen LogP contribution in [0.15, 0.2) is 0 Å². The molecule has 0 saturated heterocycles. The first kappa shape index (κ1) is 30.0. The molecule has 0 aromatic heterocycles. The van der Waals surface area contributed by atoms with Gasteiger partial charge in [-0.05, 0) is 20.8 Å². The molecule has 0 aromatic rings. The second kappa shape index (κ2) is 10.2. The highest BCUT2D eigenvalue weighted by atomic mass is 32.3. The van der Waals surface area contributed by atoms with Crippen molar-refractivity contribution >= 4 is 37.1 Å². The maximum Gasteiger partial charge on any atom is 0.480 e. The topological polar surface area (TPSA) is 117 Å². The molecule has 0 fully saturated rings. The first-order chi connectivity index (χ1) is 12.1. The Kier molecular flexibility index (Phi) is 11.0. The van der Waals surface area contributed by atoms with E-state index in [1.54, 1.807) is 0 Å². The van der Waals surface area contributed by atoms with Crippen LogP contribution in [-0.2, 0) is 29.9 Å². The number of hydrogen-bond donors (Lipinski definition) is 0. The lowest BCUT2D eigenvalue weighted by atomic mass is 10.9. The van der Waals surface area contributed by atoms with Crippen LogP contribution in [0.3, 0.4) is 0 Å². The summed E-state index contributed by atoms with van der Waals surface area (Å²) in [5.41, 5.74) is -12.4. The second-order valence-corrected chi connectivity index (χ2v) is 16.3. The van der Waals surface area contributed by atoms with Gasteiger partial charge in [-0.1, -0.05) is 0 Å². The van der Waals surface area contributed by atoms with E-state index in [9.17, 15) is 51.6 Å². The molecule has 0 N–H and O–H groups in total. The largest absolute Gasteiger partial charge is 0.480 e. The van der Waals surface area contributed by atoms with E-state index >= 15 is 0 Å². The third-order valence-electron chi connectivity index (χ3n) is 3.73. The van der Waals surface area contributed by atoms with E-state index in [0.29, 0.717) is 5.75 Å². The van der Waals surface area contributed by atoms with Gasteiger partial charge in [-0.3, -0.25) is 0 Å². The molecule has 0 aliphatic rings. The van der Waals surface area contributed by atoms with E-state index in [1.807, 2.05) is 0 Å². The highest BCUT2D eigenvalue weighted by Gasteiger charge is 2.46. The Morgan fingerprint density at radius 2 is 1.00 bits per heavy atom. The molecule has 0 unspecified atom stereocenters. The number of halogens is 6. The predicted molar refractivity (Wildman–Crippen MR) is 96.4 cm³/mol. The Bertz CT molecular complexity index is 750. The minimum absolute atomic E-state index is 0.385. The SMILES string of the molecule is CC[P+](CC)(CC)CCS(C)(=O)=O.O=S(=O)([N-]S(=O)(=O)C(F)(F)F)C(F)(F)F. The third kappa shape index (κ3) is 10.0. The molecule has 0 amide bonds. The number of sulfone groups is 1. The Morgan fingerprint density at radius 1 is 0.714 bits per heavy atom. The first-order valence-corrected chi connectivity index (χ1v) is 15.0. The van der Waals surface area contributed by atoms with E-state index in [0.717, 1.165) is 10.3 Å². The van der Waals surface area contributed by atoms with Crippen LogP contribution in [0.2, 0.25) is 0 Å². The molecule has 0 atom stereocenters. The fourth-order valence-corrected chi connectivity index (χ4v) is 8.59. The number of nitrogens with zero attached hydrogens (tertiary/aromatic N) is 1. The van der Waals surface area contributed by atoms with Crippen molar-refractivity contribution < 1.29 is 51.6 Å². The molecule has 0 rings (SSSR count). The average molecular weight is 505 g/mol. The number of hydrogen-bond acceptors (Lipinski definition) is 6. The van der Waals surface area contributed by atoms with Crippen molar-refractivity contribution in [2.45, 2.75) is 31.8 Å². The number of alkyl halides is 6. The average Bonchev–Trinajstić information content (AvgIpc) is 2.45. The Labute approximate surface area is 161 Å². The third-order valence-corrected chi connectivity index (χ3v) is 12.9. The zero-order valence-corrected chi connectivity index (χ0v) is 18.7. The zero-order valence-electron chi connectivity index (χ0n) is 15.4. The summed E-state index contributed by atoms with van der Waals surface area (Å²) in [4.78, 5) is 0. The van der Waals surface area contributed by atoms with Crippen molar-refractivity contribution in [2.75, 3.05) is 36.7 Å². The quantitative estimate of drug-likeness (QED) is 0.370. The van der Waals surface area contributed by atoms with Gasteiger partial charge in [0.05, 0.1) is 30.4 Å². The molecule has 28 heavy (non-hydrogen) atoms. The van der Waals surface area contributed by atoms with Crippen LogP contribution < -0.4 is 0 Å². The standard InChI is InChI=1S/C9H22O2PS.C2F6NO4S2/c1-5-12(6-2,7-3)8-9-13(4,10)11;3-1(4,5)14(10,11)9-15(12,13)2(6,7)8/h5-9H2,1-4H3;/q+1;-1. The molecular weight excluding hydrogens is 483 g/mol. The summed E-state index contributed by atoms with van der Waals surface area (Å²) in [6, 6.07) is 0.